The van der Waals surface area contributed by atoms with Gasteiger partial charge in [-0.05, 0) is 18.1 Å². The van der Waals surface area contributed by atoms with E-state index in [0.29, 0.717) is 24.5 Å². The smallest absolute Gasteiger partial charge is 0.267 e. The molecule has 1 N–H and O–H groups in total. The van der Waals surface area contributed by atoms with E-state index in [4.69, 9.17) is 4.74 Å². The molecule has 1 saturated heterocycles. The molecular weight excluding hydrogens is 232 g/mol. The lowest BCUT2D eigenvalue weighted by Gasteiger charge is -2.21. The van der Waals surface area contributed by atoms with Crippen LogP contribution in [-0.4, -0.2) is 22.9 Å². The molecule has 1 aromatic heterocycles. The zero-order chi connectivity index (χ0) is 13.1. The highest BCUT2D eigenvalue weighted by molar-refractivity contribution is 5.99. The van der Waals surface area contributed by atoms with Crippen LogP contribution in [0.5, 0.6) is 5.75 Å². The van der Waals surface area contributed by atoms with E-state index < -0.39 is 6.10 Å². The van der Waals surface area contributed by atoms with Crippen molar-refractivity contribution in [1.82, 2.24) is 10.3 Å². The molecule has 2 rings (SSSR count). The Labute approximate surface area is 106 Å². The lowest BCUT2D eigenvalue weighted by Crippen LogP contribution is -2.46. The predicted molar refractivity (Wildman–Crippen MR) is 65.1 cm³/mol. The van der Waals surface area contributed by atoms with Crippen molar-refractivity contribution in [3.8, 4) is 5.75 Å². The normalized spacial score (nSPS) is 19.8. The quantitative estimate of drug-likeness (QED) is 0.821. The summed E-state index contributed by atoms with van der Waals surface area (Å²) < 4.78 is 5.52. The van der Waals surface area contributed by atoms with Gasteiger partial charge >= 0.3 is 0 Å². The molecule has 0 aromatic carbocycles. The van der Waals surface area contributed by atoms with Gasteiger partial charge in [0.1, 0.15) is 5.75 Å². The molecule has 2 amide bonds. The van der Waals surface area contributed by atoms with E-state index in [2.05, 4.69) is 24.1 Å². The minimum atomic E-state index is -0.602. The van der Waals surface area contributed by atoms with Crippen molar-refractivity contribution in [3.05, 3.63) is 24.0 Å². The number of imide groups is 1. The van der Waals surface area contributed by atoms with Crippen LogP contribution < -0.4 is 10.1 Å². The van der Waals surface area contributed by atoms with Crippen molar-refractivity contribution in [2.45, 2.75) is 38.7 Å². The highest BCUT2D eigenvalue weighted by Crippen LogP contribution is 2.18. The average Bonchev–Trinajstić information content (AvgIpc) is 2.33. The maximum atomic E-state index is 11.5. The molecule has 5 heteroatoms. The number of hydrogen-bond acceptors (Lipinski definition) is 4. The van der Waals surface area contributed by atoms with Crippen LogP contribution in [0.15, 0.2) is 18.3 Å². The highest BCUT2D eigenvalue weighted by Gasteiger charge is 2.28. The van der Waals surface area contributed by atoms with Crippen molar-refractivity contribution in [1.29, 1.82) is 0 Å². The Morgan fingerprint density at radius 1 is 1.39 bits per heavy atom. The van der Waals surface area contributed by atoms with Crippen LogP contribution in [0.4, 0.5) is 0 Å². The molecule has 0 aliphatic carbocycles. The zero-order valence-electron chi connectivity index (χ0n) is 10.5. The van der Waals surface area contributed by atoms with Gasteiger partial charge in [-0.25, -0.2) is 0 Å². The molecule has 0 saturated carbocycles. The Morgan fingerprint density at radius 3 is 2.72 bits per heavy atom. The minimum Gasteiger partial charge on any atom is -0.479 e. The standard InChI is InChI=1S/C13H16N2O3/c1-8(2)10-4-3-9(7-14-10)18-11-5-6-12(16)15-13(11)17/h3-4,7-8,11H,5-6H2,1-2H3,(H,15,16,17)/t11-/m0/s1. The van der Waals surface area contributed by atoms with Gasteiger partial charge < -0.3 is 4.74 Å². The number of carbonyl (C=O) groups is 2. The molecule has 1 aromatic rings. The molecule has 1 aliphatic heterocycles. The van der Waals surface area contributed by atoms with E-state index in [1.807, 2.05) is 6.07 Å². The van der Waals surface area contributed by atoms with Crippen molar-refractivity contribution in [2.75, 3.05) is 0 Å². The predicted octanol–water partition coefficient (Wildman–Crippen LogP) is 1.39. The fourth-order valence-corrected chi connectivity index (χ4v) is 1.75. The zero-order valence-corrected chi connectivity index (χ0v) is 10.5. The Kier molecular flexibility index (Phi) is 3.60. The van der Waals surface area contributed by atoms with Crippen molar-refractivity contribution in [2.24, 2.45) is 0 Å². The Morgan fingerprint density at radius 2 is 2.17 bits per heavy atom. The van der Waals surface area contributed by atoms with Crippen LogP contribution in [0.2, 0.25) is 0 Å². The summed E-state index contributed by atoms with van der Waals surface area (Å²) in [6.45, 7) is 4.12. The summed E-state index contributed by atoms with van der Waals surface area (Å²) in [5, 5.41) is 2.26. The van der Waals surface area contributed by atoms with Gasteiger partial charge in [0.2, 0.25) is 5.91 Å². The van der Waals surface area contributed by atoms with Gasteiger partial charge in [-0.3, -0.25) is 19.9 Å². The third-order valence-corrected chi connectivity index (χ3v) is 2.82. The maximum Gasteiger partial charge on any atom is 0.267 e. The minimum absolute atomic E-state index is 0.242. The first-order valence-corrected chi connectivity index (χ1v) is 6.02. The summed E-state index contributed by atoms with van der Waals surface area (Å²) in [4.78, 5) is 26.8. The van der Waals surface area contributed by atoms with Crippen LogP contribution in [0.1, 0.15) is 38.3 Å². The Balaban J connectivity index is 2.01. The fourth-order valence-electron chi connectivity index (χ4n) is 1.75. The lowest BCUT2D eigenvalue weighted by molar-refractivity contribution is -0.138. The number of aromatic nitrogens is 1. The molecule has 18 heavy (non-hydrogen) atoms. The number of hydrogen-bond donors (Lipinski definition) is 1. The molecule has 2 heterocycles. The summed E-state index contributed by atoms with van der Waals surface area (Å²) >= 11 is 0. The number of nitrogens with zero attached hydrogens (tertiary/aromatic N) is 1. The highest BCUT2D eigenvalue weighted by atomic mass is 16.5. The molecule has 1 fully saturated rings. The van der Waals surface area contributed by atoms with Crippen LogP contribution in [0, 0.1) is 0 Å². The van der Waals surface area contributed by atoms with Gasteiger partial charge in [0.25, 0.3) is 5.91 Å². The van der Waals surface area contributed by atoms with Crippen LogP contribution in [-0.2, 0) is 9.59 Å². The average molecular weight is 248 g/mol. The van der Waals surface area contributed by atoms with Gasteiger partial charge in [-0.1, -0.05) is 13.8 Å². The number of amides is 2. The van der Waals surface area contributed by atoms with E-state index in [1.54, 1.807) is 12.3 Å². The second kappa shape index (κ2) is 5.16. The summed E-state index contributed by atoms with van der Waals surface area (Å²) in [6.07, 6.45) is 1.73. The molecule has 1 aliphatic rings. The van der Waals surface area contributed by atoms with Crippen LogP contribution in [0.25, 0.3) is 0 Å². The van der Waals surface area contributed by atoms with Crippen LogP contribution >= 0.6 is 0 Å². The van der Waals surface area contributed by atoms with Gasteiger partial charge in [0, 0.05) is 18.5 Å². The largest absolute Gasteiger partial charge is 0.479 e. The summed E-state index contributed by atoms with van der Waals surface area (Å²) in [5.74, 6) is 0.288. The fraction of sp³-hybridized carbons (Fsp3) is 0.462. The summed E-state index contributed by atoms with van der Waals surface area (Å²) in [7, 11) is 0. The van der Waals surface area contributed by atoms with E-state index in [-0.39, 0.29) is 11.8 Å². The van der Waals surface area contributed by atoms with Crippen molar-refractivity contribution < 1.29 is 14.3 Å². The Bertz CT molecular complexity index is 454. The lowest BCUT2D eigenvalue weighted by atomic mass is 10.1. The van der Waals surface area contributed by atoms with Crippen molar-refractivity contribution in [3.63, 3.8) is 0 Å². The summed E-state index contributed by atoms with van der Waals surface area (Å²) in [5.41, 5.74) is 0.977. The number of carbonyl (C=O) groups excluding carboxylic acids is 2. The Hall–Kier alpha value is -1.91. The number of ether oxygens (including phenoxy) is 1. The number of rotatable bonds is 3. The van der Waals surface area contributed by atoms with E-state index in [0.717, 1.165) is 5.69 Å². The first-order chi connectivity index (χ1) is 8.56. The van der Waals surface area contributed by atoms with E-state index in [1.165, 1.54) is 0 Å². The second-order valence-corrected chi connectivity index (χ2v) is 4.63. The molecule has 5 nitrogen and oxygen atoms in total. The monoisotopic (exact) mass is 248 g/mol. The molecule has 0 spiro atoms. The van der Waals surface area contributed by atoms with Gasteiger partial charge in [-0.15, -0.1) is 0 Å². The maximum absolute atomic E-state index is 11.5. The summed E-state index contributed by atoms with van der Waals surface area (Å²) in [6, 6.07) is 3.68. The van der Waals surface area contributed by atoms with Gasteiger partial charge in [0.05, 0.1) is 6.20 Å². The topological polar surface area (TPSA) is 68.3 Å². The molecule has 0 unspecified atom stereocenters. The first-order valence-electron chi connectivity index (χ1n) is 6.02. The first kappa shape index (κ1) is 12.5. The van der Waals surface area contributed by atoms with Gasteiger partial charge in [-0.2, -0.15) is 0 Å². The molecule has 1 atom stereocenters. The SMILES string of the molecule is CC(C)c1ccc(O[C@H]2CCC(=O)NC2=O)cn1. The van der Waals surface area contributed by atoms with E-state index in [9.17, 15) is 9.59 Å². The third kappa shape index (κ3) is 2.85. The number of nitrogens with one attached hydrogen (secondary N) is 1. The number of piperidine rings is 1. The van der Waals surface area contributed by atoms with E-state index >= 15 is 0 Å². The number of pyridine rings is 1. The van der Waals surface area contributed by atoms with Crippen LogP contribution in [0.3, 0.4) is 0 Å². The molecule has 96 valence electrons. The molecular formula is C13H16N2O3. The second-order valence-electron chi connectivity index (χ2n) is 4.63. The van der Waals surface area contributed by atoms with Crippen molar-refractivity contribution >= 4 is 11.8 Å². The molecule has 0 bridgehead atoms. The van der Waals surface area contributed by atoms with Gasteiger partial charge in [0.15, 0.2) is 6.10 Å². The molecule has 0 radical (unpaired) electrons. The third-order valence-electron chi connectivity index (χ3n) is 2.82.